The largest absolute Gasteiger partial charge is 0.481 e. The Hall–Kier alpha value is -1.38. The lowest BCUT2D eigenvalue weighted by molar-refractivity contribution is -0.121. The molecule has 0 aromatic carbocycles. The van der Waals surface area contributed by atoms with Gasteiger partial charge in [0, 0.05) is 24.1 Å². The summed E-state index contributed by atoms with van der Waals surface area (Å²) in [5.41, 5.74) is 0.994. The maximum atomic E-state index is 11.5. The molecule has 0 unspecified atom stereocenters. The van der Waals surface area contributed by atoms with Gasteiger partial charge in [0.25, 0.3) is 0 Å². The van der Waals surface area contributed by atoms with Crippen LogP contribution in [0, 0.1) is 5.92 Å². The summed E-state index contributed by atoms with van der Waals surface area (Å²) in [6.45, 7) is 3.84. The Kier molecular flexibility index (Phi) is 4.28. The van der Waals surface area contributed by atoms with Crippen LogP contribution in [0.3, 0.4) is 0 Å². The number of methoxy groups -OCH3 is 1. The number of rotatable bonds is 5. The summed E-state index contributed by atoms with van der Waals surface area (Å²) < 4.78 is 5.12. The van der Waals surface area contributed by atoms with Gasteiger partial charge in [0.1, 0.15) is 5.78 Å². The Balaban J connectivity index is 2.61. The second kappa shape index (κ2) is 5.49. The third-order valence-electron chi connectivity index (χ3n) is 2.33. The molecule has 0 aliphatic carbocycles. The summed E-state index contributed by atoms with van der Waals surface area (Å²) in [5, 5.41) is 0. The van der Waals surface area contributed by atoms with E-state index in [0.29, 0.717) is 18.7 Å². The maximum absolute atomic E-state index is 11.5. The van der Waals surface area contributed by atoms with Crippen LogP contribution in [0.1, 0.15) is 25.8 Å². The molecular weight excluding hydrogens is 190 g/mol. The summed E-state index contributed by atoms with van der Waals surface area (Å²) in [7, 11) is 1.59. The van der Waals surface area contributed by atoms with Gasteiger partial charge in [-0.25, -0.2) is 4.98 Å². The summed E-state index contributed by atoms with van der Waals surface area (Å²) >= 11 is 0. The zero-order valence-corrected chi connectivity index (χ0v) is 9.49. The smallest absolute Gasteiger partial charge is 0.216 e. The van der Waals surface area contributed by atoms with Crippen molar-refractivity contribution in [3.8, 4) is 5.88 Å². The first-order valence-electron chi connectivity index (χ1n) is 5.15. The Labute approximate surface area is 90.5 Å². The van der Waals surface area contributed by atoms with Crippen molar-refractivity contribution in [2.75, 3.05) is 7.11 Å². The predicted molar refractivity (Wildman–Crippen MR) is 59.0 cm³/mol. The number of carbonyl (C=O) groups is 1. The Morgan fingerprint density at radius 1 is 1.53 bits per heavy atom. The quantitative estimate of drug-likeness (QED) is 0.743. The van der Waals surface area contributed by atoms with Crippen LogP contribution in [0.25, 0.3) is 0 Å². The molecule has 1 rings (SSSR count). The van der Waals surface area contributed by atoms with Gasteiger partial charge in [0.05, 0.1) is 7.11 Å². The standard InChI is InChI=1S/C12H17NO2/c1-9(2)11(14)7-6-10-5-4-8-13-12(10)15-3/h4-5,8-9H,6-7H2,1-3H3. The molecule has 0 saturated carbocycles. The number of ether oxygens (including phenoxy) is 1. The highest BCUT2D eigenvalue weighted by atomic mass is 16.5. The molecule has 82 valence electrons. The highest BCUT2D eigenvalue weighted by Crippen LogP contribution is 2.16. The SMILES string of the molecule is COc1ncccc1CCC(=O)C(C)C. The first-order valence-corrected chi connectivity index (χ1v) is 5.15. The number of hydrogen-bond donors (Lipinski definition) is 0. The van der Waals surface area contributed by atoms with Crippen molar-refractivity contribution in [2.24, 2.45) is 5.92 Å². The zero-order valence-electron chi connectivity index (χ0n) is 9.49. The van der Waals surface area contributed by atoms with E-state index < -0.39 is 0 Å². The molecule has 3 nitrogen and oxygen atoms in total. The van der Waals surface area contributed by atoms with Crippen molar-refractivity contribution in [1.29, 1.82) is 0 Å². The molecule has 1 aromatic rings. The van der Waals surface area contributed by atoms with Gasteiger partial charge in [-0.2, -0.15) is 0 Å². The van der Waals surface area contributed by atoms with Crippen LogP contribution < -0.4 is 4.74 Å². The van der Waals surface area contributed by atoms with Crippen LogP contribution >= 0.6 is 0 Å². The van der Waals surface area contributed by atoms with E-state index in [2.05, 4.69) is 4.98 Å². The zero-order chi connectivity index (χ0) is 11.3. The predicted octanol–water partition coefficient (Wildman–Crippen LogP) is 2.25. The van der Waals surface area contributed by atoms with Crippen LogP contribution in [0.5, 0.6) is 5.88 Å². The van der Waals surface area contributed by atoms with Gasteiger partial charge in [-0.3, -0.25) is 4.79 Å². The minimum absolute atomic E-state index is 0.104. The van der Waals surface area contributed by atoms with Gasteiger partial charge < -0.3 is 4.74 Å². The fourth-order valence-electron chi connectivity index (χ4n) is 1.34. The number of hydrogen-bond acceptors (Lipinski definition) is 3. The Bertz CT molecular complexity index is 334. The number of aromatic nitrogens is 1. The number of aryl methyl sites for hydroxylation is 1. The van der Waals surface area contributed by atoms with Gasteiger partial charge in [-0.05, 0) is 12.5 Å². The van der Waals surface area contributed by atoms with Gasteiger partial charge in [0.2, 0.25) is 5.88 Å². The van der Waals surface area contributed by atoms with Gasteiger partial charge in [-0.15, -0.1) is 0 Å². The number of nitrogens with zero attached hydrogens (tertiary/aromatic N) is 1. The van der Waals surface area contributed by atoms with Crippen molar-refractivity contribution < 1.29 is 9.53 Å². The van der Waals surface area contributed by atoms with E-state index in [1.54, 1.807) is 13.3 Å². The molecule has 15 heavy (non-hydrogen) atoms. The van der Waals surface area contributed by atoms with E-state index in [1.165, 1.54) is 0 Å². The molecule has 1 heterocycles. The molecule has 0 atom stereocenters. The Morgan fingerprint density at radius 2 is 2.27 bits per heavy atom. The minimum Gasteiger partial charge on any atom is -0.481 e. The molecule has 1 aromatic heterocycles. The van der Waals surface area contributed by atoms with E-state index in [9.17, 15) is 4.79 Å². The summed E-state index contributed by atoms with van der Waals surface area (Å²) in [6.07, 6.45) is 2.94. The van der Waals surface area contributed by atoms with Gasteiger partial charge >= 0.3 is 0 Å². The molecular formula is C12H17NO2. The maximum Gasteiger partial charge on any atom is 0.216 e. The van der Waals surface area contributed by atoms with Crippen LogP contribution in [-0.4, -0.2) is 17.9 Å². The third-order valence-corrected chi connectivity index (χ3v) is 2.33. The Morgan fingerprint density at radius 3 is 2.87 bits per heavy atom. The topological polar surface area (TPSA) is 39.2 Å². The van der Waals surface area contributed by atoms with E-state index in [0.717, 1.165) is 5.56 Å². The van der Waals surface area contributed by atoms with E-state index in [4.69, 9.17) is 4.74 Å². The lowest BCUT2D eigenvalue weighted by Gasteiger charge is -2.07. The summed E-state index contributed by atoms with van der Waals surface area (Å²) in [5.74, 6) is 1.00. The molecule has 0 saturated heterocycles. The number of carbonyl (C=O) groups excluding carboxylic acids is 1. The molecule has 0 N–H and O–H groups in total. The second-order valence-corrected chi connectivity index (χ2v) is 3.79. The summed E-state index contributed by atoms with van der Waals surface area (Å²) in [6, 6.07) is 3.80. The van der Waals surface area contributed by atoms with E-state index in [-0.39, 0.29) is 11.7 Å². The van der Waals surface area contributed by atoms with Crippen LogP contribution in [-0.2, 0) is 11.2 Å². The first kappa shape index (κ1) is 11.7. The number of Topliss-reactive ketones (excluding diaryl/α,β-unsaturated/α-hetero) is 1. The van der Waals surface area contributed by atoms with Gasteiger partial charge in [-0.1, -0.05) is 19.9 Å². The molecule has 0 bridgehead atoms. The molecule has 3 heteroatoms. The van der Waals surface area contributed by atoms with Crippen LogP contribution in [0.2, 0.25) is 0 Å². The minimum atomic E-state index is 0.104. The second-order valence-electron chi connectivity index (χ2n) is 3.79. The lowest BCUT2D eigenvalue weighted by atomic mass is 10.0. The first-order chi connectivity index (χ1) is 7.15. The van der Waals surface area contributed by atoms with Gasteiger partial charge in [0.15, 0.2) is 0 Å². The molecule has 0 radical (unpaired) electrons. The van der Waals surface area contributed by atoms with Crippen molar-refractivity contribution in [2.45, 2.75) is 26.7 Å². The average Bonchev–Trinajstić information content (AvgIpc) is 2.26. The number of pyridine rings is 1. The van der Waals surface area contributed by atoms with Crippen molar-refractivity contribution in [1.82, 2.24) is 4.98 Å². The van der Waals surface area contributed by atoms with Crippen LogP contribution in [0.4, 0.5) is 0 Å². The highest BCUT2D eigenvalue weighted by molar-refractivity contribution is 5.80. The molecule has 0 aliphatic heterocycles. The average molecular weight is 207 g/mol. The normalized spacial score (nSPS) is 10.4. The van der Waals surface area contributed by atoms with Crippen molar-refractivity contribution in [3.05, 3.63) is 23.9 Å². The molecule has 0 fully saturated rings. The van der Waals surface area contributed by atoms with Crippen molar-refractivity contribution >= 4 is 5.78 Å². The lowest BCUT2D eigenvalue weighted by Crippen LogP contribution is -2.08. The fraction of sp³-hybridized carbons (Fsp3) is 0.500. The van der Waals surface area contributed by atoms with E-state index >= 15 is 0 Å². The summed E-state index contributed by atoms with van der Waals surface area (Å²) in [4.78, 5) is 15.5. The molecule has 0 amide bonds. The van der Waals surface area contributed by atoms with Crippen LogP contribution in [0.15, 0.2) is 18.3 Å². The molecule has 0 aliphatic rings. The molecule has 0 spiro atoms. The number of ketones is 1. The third kappa shape index (κ3) is 3.35. The van der Waals surface area contributed by atoms with E-state index in [1.807, 2.05) is 26.0 Å². The van der Waals surface area contributed by atoms with Crippen molar-refractivity contribution in [3.63, 3.8) is 0 Å². The monoisotopic (exact) mass is 207 g/mol. The fourth-order valence-corrected chi connectivity index (χ4v) is 1.34. The highest BCUT2D eigenvalue weighted by Gasteiger charge is 2.09.